The van der Waals surface area contributed by atoms with Gasteiger partial charge in [0, 0.05) is 11.6 Å². The summed E-state index contributed by atoms with van der Waals surface area (Å²) in [5.41, 5.74) is 11.2. The molecule has 0 heterocycles. The summed E-state index contributed by atoms with van der Waals surface area (Å²) in [4.78, 5) is 25.1. The Morgan fingerprint density at radius 1 is 1.14 bits per heavy atom. The first kappa shape index (κ1) is 31.5. The number of carboxylic acids is 1. The Balaban J connectivity index is 0.00000361. The SMILES string of the molecule is CCC(CC1CCCCC1)C(N)c1ccc(C(=O)NC(CCSC)C(=O)O)c(-c2ccccc2C)c1.[H-].[Li+]. The van der Waals surface area contributed by atoms with Crippen LogP contribution in [-0.4, -0.2) is 35.0 Å². The van der Waals surface area contributed by atoms with Crippen molar-refractivity contribution in [2.24, 2.45) is 17.6 Å². The van der Waals surface area contributed by atoms with Crippen LogP contribution in [0.25, 0.3) is 11.1 Å². The molecule has 5 nitrogen and oxygen atoms in total. The smallest absolute Gasteiger partial charge is 1.00 e. The summed E-state index contributed by atoms with van der Waals surface area (Å²) in [6.07, 6.45) is 11.1. The Labute approximate surface area is 240 Å². The summed E-state index contributed by atoms with van der Waals surface area (Å²) < 4.78 is 0. The molecule has 0 bridgehead atoms. The Morgan fingerprint density at radius 3 is 2.46 bits per heavy atom. The Hall–Kier alpha value is -1.71. The second-order valence-electron chi connectivity index (χ2n) is 10.2. The summed E-state index contributed by atoms with van der Waals surface area (Å²) in [6, 6.07) is 12.8. The Morgan fingerprint density at radius 2 is 1.84 bits per heavy atom. The number of benzene rings is 2. The molecule has 1 aliphatic carbocycles. The van der Waals surface area contributed by atoms with Gasteiger partial charge in [-0.05, 0) is 78.0 Å². The van der Waals surface area contributed by atoms with E-state index >= 15 is 0 Å². The van der Waals surface area contributed by atoms with E-state index in [9.17, 15) is 14.7 Å². The molecule has 0 saturated heterocycles. The normalized spacial score (nSPS) is 16.3. The molecule has 0 radical (unpaired) electrons. The van der Waals surface area contributed by atoms with Crippen molar-refractivity contribution in [1.82, 2.24) is 5.32 Å². The minimum absolute atomic E-state index is 0. The van der Waals surface area contributed by atoms with Gasteiger partial charge in [0.15, 0.2) is 0 Å². The molecule has 1 saturated carbocycles. The number of hydrogen-bond acceptors (Lipinski definition) is 4. The molecule has 0 aromatic heterocycles. The largest absolute Gasteiger partial charge is 1.00 e. The van der Waals surface area contributed by atoms with E-state index in [0.29, 0.717) is 23.7 Å². The number of aryl methyl sites for hydroxylation is 1. The van der Waals surface area contributed by atoms with Gasteiger partial charge in [-0.15, -0.1) is 0 Å². The van der Waals surface area contributed by atoms with Gasteiger partial charge in [0.05, 0.1) is 0 Å². The number of nitrogens with one attached hydrogen (secondary N) is 1. The number of rotatable bonds is 12. The van der Waals surface area contributed by atoms with E-state index in [2.05, 4.69) is 18.3 Å². The topological polar surface area (TPSA) is 92.4 Å². The van der Waals surface area contributed by atoms with Gasteiger partial charge in [0.1, 0.15) is 6.04 Å². The predicted molar refractivity (Wildman–Crippen MR) is 152 cm³/mol. The molecule has 37 heavy (non-hydrogen) atoms. The monoisotopic (exact) mass is 518 g/mol. The van der Waals surface area contributed by atoms with Gasteiger partial charge >= 0.3 is 24.8 Å². The maximum Gasteiger partial charge on any atom is 1.00 e. The van der Waals surface area contributed by atoms with E-state index in [1.165, 1.54) is 32.1 Å². The van der Waals surface area contributed by atoms with Gasteiger partial charge in [0.25, 0.3) is 5.91 Å². The van der Waals surface area contributed by atoms with Gasteiger partial charge < -0.3 is 17.6 Å². The second-order valence-corrected chi connectivity index (χ2v) is 11.2. The molecule has 1 aliphatic rings. The number of nitrogens with two attached hydrogens (primary N) is 1. The van der Waals surface area contributed by atoms with E-state index in [1.54, 1.807) is 11.8 Å². The quantitative estimate of drug-likeness (QED) is 0.373. The van der Waals surface area contributed by atoms with Crippen LogP contribution >= 0.6 is 11.8 Å². The van der Waals surface area contributed by atoms with Crippen LogP contribution in [0.3, 0.4) is 0 Å². The number of aliphatic carboxylic acids is 1. The molecule has 3 unspecified atom stereocenters. The van der Waals surface area contributed by atoms with E-state index in [0.717, 1.165) is 41.0 Å². The first-order chi connectivity index (χ1) is 17.3. The van der Waals surface area contributed by atoms with Crippen LogP contribution in [0.1, 0.15) is 87.2 Å². The predicted octanol–water partition coefficient (Wildman–Crippen LogP) is 3.71. The van der Waals surface area contributed by atoms with Crippen LogP contribution < -0.4 is 29.9 Å². The van der Waals surface area contributed by atoms with Crippen LogP contribution in [0.15, 0.2) is 42.5 Å². The van der Waals surface area contributed by atoms with Crippen LogP contribution in [-0.2, 0) is 4.79 Å². The number of carbonyl (C=O) groups excluding carboxylic acids is 1. The summed E-state index contributed by atoms with van der Waals surface area (Å²) >= 11 is 1.57. The fraction of sp³-hybridized carbons (Fsp3) is 0.533. The minimum Gasteiger partial charge on any atom is -1.00 e. The first-order valence-corrected chi connectivity index (χ1v) is 14.7. The van der Waals surface area contributed by atoms with E-state index in [1.807, 2.05) is 49.6 Å². The first-order valence-electron chi connectivity index (χ1n) is 13.3. The van der Waals surface area contributed by atoms with Gasteiger partial charge in [0.2, 0.25) is 0 Å². The van der Waals surface area contributed by atoms with Crippen LogP contribution in [0.4, 0.5) is 0 Å². The zero-order valence-corrected chi connectivity index (χ0v) is 23.8. The summed E-state index contributed by atoms with van der Waals surface area (Å²) in [7, 11) is 0. The fourth-order valence-electron chi connectivity index (χ4n) is 5.48. The summed E-state index contributed by atoms with van der Waals surface area (Å²) in [6.45, 7) is 4.25. The molecule has 7 heteroatoms. The number of carbonyl (C=O) groups is 2. The van der Waals surface area contributed by atoms with Crippen molar-refractivity contribution < 1.29 is 35.0 Å². The second kappa shape index (κ2) is 15.6. The molecular weight excluding hydrogens is 475 g/mol. The van der Waals surface area contributed by atoms with E-state index < -0.39 is 12.0 Å². The maximum atomic E-state index is 13.3. The average Bonchev–Trinajstić information content (AvgIpc) is 2.89. The molecule has 198 valence electrons. The zero-order chi connectivity index (χ0) is 26.1. The average molecular weight is 519 g/mol. The summed E-state index contributed by atoms with van der Waals surface area (Å²) in [5.74, 6) is 0.429. The van der Waals surface area contributed by atoms with Crippen LogP contribution in [0.2, 0.25) is 0 Å². The van der Waals surface area contributed by atoms with Gasteiger partial charge in [-0.3, -0.25) is 4.79 Å². The number of amides is 1. The molecule has 1 fully saturated rings. The number of thioether (sulfide) groups is 1. The molecule has 3 atom stereocenters. The van der Waals surface area contributed by atoms with Crippen molar-refractivity contribution >= 4 is 23.6 Å². The van der Waals surface area contributed by atoms with E-state index in [4.69, 9.17) is 5.73 Å². The third kappa shape index (κ3) is 8.65. The summed E-state index contributed by atoms with van der Waals surface area (Å²) in [5, 5.41) is 12.4. The van der Waals surface area contributed by atoms with Crippen LogP contribution in [0, 0.1) is 18.8 Å². The molecule has 4 N–H and O–H groups in total. The van der Waals surface area contributed by atoms with E-state index in [-0.39, 0.29) is 32.2 Å². The van der Waals surface area contributed by atoms with Gasteiger partial charge in [-0.25, -0.2) is 4.79 Å². The molecule has 2 aromatic carbocycles. The molecular formula is C30H43LiN2O3S. The van der Waals surface area contributed by atoms with Crippen molar-refractivity contribution in [3.05, 3.63) is 59.2 Å². The van der Waals surface area contributed by atoms with Crippen molar-refractivity contribution in [3.63, 3.8) is 0 Å². The molecule has 3 rings (SSSR count). The minimum atomic E-state index is -1.01. The van der Waals surface area contributed by atoms with Crippen molar-refractivity contribution in [1.29, 1.82) is 0 Å². The molecule has 2 aromatic rings. The maximum absolute atomic E-state index is 13.3. The molecule has 0 aliphatic heterocycles. The fourth-order valence-corrected chi connectivity index (χ4v) is 5.96. The Kier molecular flexibility index (Phi) is 13.3. The molecule has 1 amide bonds. The van der Waals surface area contributed by atoms with Crippen molar-refractivity contribution in [3.8, 4) is 11.1 Å². The third-order valence-electron chi connectivity index (χ3n) is 7.72. The van der Waals surface area contributed by atoms with Crippen LogP contribution in [0.5, 0.6) is 0 Å². The van der Waals surface area contributed by atoms with Gasteiger partial charge in [-0.2, -0.15) is 11.8 Å². The standard InChI is InChI=1S/C30H42N2O3S.Li.H/c1-4-22(18-21-11-6-5-7-12-21)28(31)23-14-15-25(26(19-23)24-13-9-8-10-20(24)2)29(33)32-27(30(34)35)16-17-36-3;;/h8-10,13-15,19,21-22,27-28H,4-7,11-12,16-18,31H2,1-3H3,(H,32,33)(H,34,35);;/q;+1;-1. The Bertz CT molecular complexity index is 1030. The van der Waals surface area contributed by atoms with Gasteiger partial charge in [-0.1, -0.05) is 75.8 Å². The van der Waals surface area contributed by atoms with Crippen molar-refractivity contribution in [2.45, 2.75) is 77.3 Å². The number of hydrogen-bond donors (Lipinski definition) is 3. The number of carboxylic acid groups (broad SMARTS) is 1. The van der Waals surface area contributed by atoms with Crippen molar-refractivity contribution in [2.75, 3.05) is 12.0 Å². The molecule has 0 spiro atoms. The zero-order valence-electron chi connectivity index (χ0n) is 24.0. The third-order valence-corrected chi connectivity index (χ3v) is 8.36.